The summed E-state index contributed by atoms with van der Waals surface area (Å²) in [5.41, 5.74) is 2.01. The van der Waals surface area contributed by atoms with Crippen molar-refractivity contribution in [2.24, 2.45) is 5.92 Å². The van der Waals surface area contributed by atoms with Gasteiger partial charge in [-0.2, -0.15) is 0 Å². The van der Waals surface area contributed by atoms with Gasteiger partial charge in [0.15, 0.2) is 11.5 Å². The molecule has 4 rings (SSSR count). The smallest absolute Gasteiger partial charge is 0.308 e. The van der Waals surface area contributed by atoms with Crippen LogP contribution in [0.3, 0.4) is 0 Å². The number of para-hydroxylation sites is 1. The van der Waals surface area contributed by atoms with E-state index in [2.05, 4.69) is 39.0 Å². The molecule has 3 unspecified atom stereocenters. The lowest BCUT2D eigenvalue weighted by molar-refractivity contribution is -0.870. The molecule has 9 nitrogen and oxygen atoms in total. The maximum absolute atomic E-state index is 13.8. The predicted octanol–water partition coefficient (Wildman–Crippen LogP) is 4.64. The van der Waals surface area contributed by atoms with Gasteiger partial charge in [-0.1, -0.05) is 37.6 Å². The van der Waals surface area contributed by atoms with Crippen LogP contribution in [0.1, 0.15) is 56.1 Å². The van der Waals surface area contributed by atoms with Crippen LogP contribution in [0, 0.1) is 5.92 Å². The first-order valence-corrected chi connectivity index (χ1v) is 15.7. The fourth-order valence-electron chi connectivity index (χ4n) is 6.46. The molecule has 2 aliphatic rings. The second-order valence-corrected chi connectivity index (χ2v) is 12.9. The minimum Gasteiger partial charge on any atom is -0.496 e. The van der Waals surface area contributed by atoms with E-state index in [0.717, 1.165) is 66.6 Å². The van der Waals surface area contributed by atoms with Gasteiger partial charge in [0.05, 0.1) is 47.3 Å². The molecular formula is C34H50N3O6+. The highest BCUT2D eigenvalue weighted by molar-refractivity contribution is 5.79. The number of ether oxygens (including phenoxy) is 3. The molecular weight excluding hydrogens is 546 g/mol. The number of hydrogen-bond acceptors (Lipinski definition) is 6. The quantitative estimate of drug-likeness (QED) is 0.283. The predicted molar refractivity (Wildman–Crippen MR) is 167 cm³/mol. The average Bonchev–Trinajstić information content (AvgIpc) is 3.58. The summed E-state index contributed by atoms with van der Waals surface area (Å²) >= 11 is 0. The molecule has 0 spiro atoms. The molecule has 0 bridgehead atoms. The van der Waals surface area contributed by atoms with Crippen molar-refractivity contribution in [1.29, 1.82) is 0 Å². The van der Waals surface area contributed by atoms with Gasteiger partial charge in [-0.25, -0.2) is 0 Å². The lowest BCUT2D eigenvalue weighted by atomic mass is 9.83. The summed E-state index contributed by atoms with van der Waals surface area (Å²) in [6, 6.07) is 13.4. The van der Waals surface area contributed by atoms with Gasteiger partial charge < -0.3 is 28.7 Å². The Bertz CT molecular complexity index is 1230. The maximum atomic E-state index is 13.8. The first kappa shape index (κ1) is 32.6. The van der Waals surface area contributed by atoms with E-state index in [4.69, 9.17) is 14.2 Å². The fraction of sp³-hybridized carbons (Fsp3) is 0.588. The normalized spacial score (nSPS) is 19.9. The molecule has 0 aromatic heterocycles. The number of likely N-dealkylation sites (tertiary alicyclic amines) is 1. The van der Waals surface area contributed by atoms with Gasteiger partial charge in [-0.3, -0.25) is 14.5 Å². The Labute approximate surface area is 256 Å². The number of unbranched alkanes of at least 4 members (excludes halogenated alkanes) is 1. The highest BCUT2D eigenvalue weighted by atomic mass is 16.7. The summed E-state index contributed by atoms with van der Waals surface area (Å²) in [6.07, 6.45) is 5.13. The van der Waals surface area contributed by atoms with E-state index in [0.29, 0.717) is 31.0 Å². The van der Waals surface area contributed by atoms with Gasteiger partial charge in [0.1, 0.15) is 5.75 Å². The van der Waals surface area contributed by atoms with Crippen molar-refractivity contribution in [3.05, 3.63) is 53.6 Å². The standard InChI is InChI=1S/C34H49N3O6/c1-6-7-18-35(19-11-20-37(2,3)4)32(38)23-36-22-27(26-16-17-30-31(21-26)43-24-42-30)33(34(39)40)28(36)14-10-13-25-12-8-9-15-29(25)41-5/h8-9,12,15-17,21,27-28,33H,6-7,10-11,13-14,18-20,22-24H2,1-5H3/p+1. The zero-order valence-corrected chi connectivity index (χ0v) is 26.6. The minimum atomic E-state index is -0.828. The lowest BCUT2D eigenvalue weighted by Crippen LogP contribution is -2.45. The zero-order valence-electron chi connectivity index (χ0n) is 26.6. The van der Waals surface area contributed by atoms with E-state index >= 15 is 0 Å². The van der Waals surface area contributed by atoms with Gasteiger partial charge in [-0.05, 0) is 55.0 Å². The highest BCUT2D eigenvalue weighted by Crippen LogP contribution is 2.43. The Hall–Kier alpha value is -3.30. The number of carboxylic acid groups (broad SMARTS) is 1. The van der Waals surface area contributed by atoms with Gasteiger partial charge >= 0.3 is 5.97 Å². The molecule has 9 heteroatoms. The summed E-state index contributed by atoms with van der Waals surface area (Å²) in [7, 11) is 8.17. The monoisotopic (exact) mass is 596 g/mol. The van der Waals surface area contributed by atoms with Crippen LogP contribution in [-0.2, 0) is 16.0 Å². The molecule has 2 aliphatic heterocycles. The Morgan fingerprint density at radius 3 is 2.51 bits per heavy atom. The number of nitrogens with zero attached hydrogens (tertiary/aromatic N) is 3. The number of carbonyl (C=O) groups is 2. The van der Waals surface area contributed by atoms with E-state index in [1.165, 1.54) is 0 Å². The zero-order chi connectivity index (χ0) is 31.0. The molecule has 0 saturated carbocycles. The summed E-state index contributed by atoms with van der Waals surface area (Å²) in [5.74, 6) is 0.507. The van der Waals surface area contributed by atoms with Gasteiger partial charge in [0.25, 0.3) is 0 Å². The van der Waals surface area contributed by atoms with Crippen LogP contribution in [0.25, 0.3) is 0 Å². The van der Waals surface area contributed by atoms with Crippen LogP contribution in [0.2, 0.25) is 0 Å². The number of hydrogen-bond donors (Lipinski definition) is 1. The van der Waals surface area contributed by atoms with E-state index in [1.54, 1.807) is 7.11 Å². The first-order chi connectivity index (χ1) is 20.6. The van der Waals surface area contributed by atoms with Crippen LogP contribution < -0.4 is 14.2 Å². The number of aryl methyl sites for hydroxylation is 1. The number of quaternary nitrogens is 1. The molecule has 2 aromatic carbocycles. The number of amides is 1. The van der Waals surface area contributed by atoms with Gasteiger partial charge in [-0.15, -0.1) is 0 Å². The van der Waals surface area contributed by atoms with E-state index in [-0.39, 0.29) is 31.2 Å². The Balaban J connectivity index is 1.55. The van der Waals surface area contributed by atoms with Gasteiger partial charge in [0.2, 0.25) is 12.7 Å². The second-order valence-electron chi connectivity index (χ2n) is 12.9. The van der Waals surface area contributed by atoms with Gasteiger partial charge in [0, 0.05) is 38.0 Å². The number of methoxy groups -OCH3 is 1. The molecule has 3 atom stereocenters. The number of fused-ring (bicyclic) bond motifs is 1. The third kappa shape index (κ3) is 8.63. The van der Waals surface area contributed by atoms with Crippen molar-refractivity contribution in [2.45, 2.75) is 57.4 Å². The summed E-state index contributed by atoms with van der Waals surface area (Å²) in [4.78, 5) is 30.9. The number of carboxylic acids is 1. The summed E-state index contributed by atoms with van der Waals surface area (Å²) in [6.45, 7) is 5.46. The number of rotatable bonds is 16. The third-order valence-electron chi connectivity index (χ3n) is 8.73. The van der Waals surface area contributed by atoms with Crippen molar-refractivity contribution in [2.75, 3.05) is 67.8 Å². The van der Waals surface area contributed by atoms with Crippen molar-refractivity contribution in [1.82, 2.24) is 9.80 Å². The maximum Gasteiger partial charge on any atom is 0.308 e. The molecule has 236 valence electrons. The Kier molecular flexibility index (Phi) is 11.3. The first-order valence-electron chi connectivity index (χ1n) is 15.7. The van der Waals surface area contributed by atoms with E-state index in [1.807, 2.05) is 41.3 Å². The molecule has 2 heterocycles. The van der Waals surface area contributed by atoms with Crippen LogP contribution in [0.5, 0.6) is 17.2 Å². The van der Waals surface area contributed by atoms with Crippen molar-refractivity contribution < 1.29 is 33.4 Å². The second kappa shape index (κ2) is 14.9. The SMILES string of the molecule is CCCCN(CCC[N+](C)(C)C)C(=O)CN1CC(c2ccc3c(c2)OCO3)C(C(=O)O)C1CCCc1ccccc1OC. The lowest BCUT2D eigenvalue weighted by Gasteiger charge is -2.31. The van der Waals surface area contributed by atoms with Crippen LogP contribution in [0.4, 0.5) is 0 Å². The van der Waals surface area contributed by atoms with Crippen LogP contribution in [-0.4, -0.2) is 105 Å². The summed E-state index contributed by atoms with van der Waals surface area (Å²) in [5, 5.41) is 10.6. The molecule has 1 fully saturated rings. The van der Waals surface area contributed by atoms with Crippen LogP contribution >= 0.6 is 0 Å². The Morgan fingerprint density at radius 1 is 1.05 bits per heavy atom. The van der Waals surface area contributed by atoms with Crippen molar-refractivity contribution >= 4 is 11.9 Å². The molecule has 0 aliphatic carbocycles. The topological polar surface area (TPSA) is 88.5 Å². The van der Waals surface area contributed by atoms with E-state index < -0.39 is 11.9 Å². The Morgan fingerprint density at radius 2 is 1.79 bits per heavy atom. The average molecular weight is 597 g/mol. The molecule has 0 radical (unpaired) electrons. The summed E-state index contributed by atoms with van der Waals surface area (Å²) < 4.78 is 17.5. The molecule has 43 heavy (non-hydrogen) atoms. The molecule has 1 amide bonds. The van der Waals surface area contributed by atoms with Crippen LogP contribution in [0.15, 0.2) is 42.5 Å². The minimum absolute atomic E-state index is 0.0834. The number of benzene rings is 2. The number of carbonyl (C=O) groups excluding carboxylic acids is 1. The molecule has 1 N–H and O–H groups in total. The molecule has 1 saturated heterocycles. The van der Waals surface area contributed by atoms with E-state index in [9.17, 15) is 14.7 Å². The highest BCUT2D eigenvalue weighted by Gasteiger charge is 2.47. The number of aliphatic carboxylic acids is 1. The van der Waals surface area contributed by atoms with Crippen molar-refractivity contribution in [3.8, 4) is 17.2 Å². The largest absolute Gasteiger partial charge is 0.496 e. The fourth-order valence-corrected chi connectivity index (χ4v) is 6.46. The van der Waals surface area contributed by atoms with Crippen molar-refractivity contribution in [3.63, 3.8) is 0 Å². The molecule has 2 aromatic rings. The third-order valence-corrected chi connectivity index (χ3v) is 8.73.